The van der Waals surface area contributed by atoms with Crippen LogP contribution < -0.4 is 4.74 Å². The summed E-state index contributed by atoms with van der Waals surface area (Å²) < 4.78 is 14.1. The van der Waals surface area contributed by atoms with Gasteiger partial charge in [0.1, 0.15) is 17.5 Å². The Morgan fingerprint density at radius 2 is 1.06 bits per heavy atom. The molecule has 0 fully saturated rings. The molecule has 4 aromatic carbocycles. The summed E-state index contributed by atoms with van der Waals surface area (Å²) in [7, 11) is 0. The Hall–Kier alpha value is -2.63. The van der Waals surface area contributed by atoms with Gasteiger partial charge in [-0.15, -0.1) is 0 Å². The number of halogens is 1. The SMILES string of the molecule is C[C@@H](COC(c1ccccc1)(c1ccccc1)c1ccccc1)Oc1ccc(I)cc1. The summed E-state index contributed by atoms with van der Waals surface area (Å²) in [5.74, 6) is 0.848. The summed E-state index contributed by atoms with van der Waals surface area (Å²) in [6.07, 6.45) is -0.115. The zero-order valence-corrected chi connectivity index (χ0v) is 19.6. The smallest absolute Gasteiger partial charge is 0.143 e. The first kappa shape index (κ1) is 21.6. The lowest BCUT2D eigenvalue weighted by Gasteiger charge is -2.36. The third kappa shape index (κ3) is 5.00. The third-order valence-corrected chi connectivity index (χ3v) is 5.95. The molecule has 156 valence electrons. The highest BCUT2D eigenvalue weighted by Gasteiger charge is 2.37. The molecular weight excluding hydrogens is 495 g/mol. The van der Waals surface area contributed by atoms with Crippen molar-refractivity contribution in [3.8, 4) is 5.75 Å². The fourth-order valence-corrected chi connectivity index (χ4v) is 4.15. The molecule has 0 aliphatic carbocycles. The molecule has 0 aliphatic heterocycles. The van der Waals surface area contributed by atoms with E-state index in [1.807, 2.05) is 49.4 Å². The number of benzene rings is 4. The summed E-state index contributed by atoms with van der Waals surface area (Å²) in [5, 5.41) is 0. The van der Waals surface area contributed by atoms with Gasteiger partial charge >= 0.3 is 0 Å². The first-order valence-electron chi connectivity index (χ1n) is 10.4. The molecule has 3 heteroatoms. The second-order valence-electron chi connectivity index (χ2n) is 7.47. The van der Waals surface area contributed by atoms with Crippen LogP contribution in [-0.4, -0.2) is 12.7 Å². The topological polar surface area (TPSA) is 18.5 Å². The van der Waals surface area contributed by atoms with E-state index in [-0.39, 0.29) is 6.10 Å². The van der Waals surface area contributed by atoms with Gasteiger partial charge in [-0.1, -0.05) is 91.0 Å². The maximum Gasteiger partial charge on any atom is 0.143 e. The molecule has 31 heavy (non-hydrogen) atoms. The summed E-state index contributed by atoms with van der Waals surface area (Å²) in [4.78, 5) is 0. The molecule has 4 rings (SSSR count). The van der Waals surface area contributed by atoms with E-state index in [0.717, 1.165) is 22.4 Å². The van der Waals surface area contributed by atoms with Gasteiger partial charge in [0.15, 0.2) is 0 Å². The normalized spacial score (nSPS) is 12.3. The maximum absolute atomic E-state index is 6.82. The Morgan fingerprint density at radius 3 is 1.48 bits per heavy atom. The molecule has 2 nitrogen and oxygen atoms in total. The minimum atomic E-state index is -0.729. The Kier molecular flexibility index (Phi) is 7.05. The lowest BCUT2D eigenvalue weighted by Crippen LogP contribution is -2.36. The van der Waals surface area contributed by atoms with Crippen molar-refractivity contribution in [2.24, 2.45) is 0 Å². The summed E-state index contributed by atoms with van der Waals surface area (Å²) in [5.41, 5.74) is 2.55. The van der Waals surface area contributed by atoms with E-state index >= 15 is 0 Å². The van der Waals surface area contributed by atoms with E-state index in [4.69, 9.17) is 9.47 Å². The van der Waals surface area contributed by atoms with E-state index < -0.39 is 5.60 Å². The molecule has 0 aromatic heterocycles. The van der Waals surface area contributed by atoms with Gasteiger partial charge in [0.25, 0.3) is 0 Å². The molecule has 0 amide bonds. The number of rotatable bonds is 8. The minimum Gasteiger partial charge on any atom is -0.488 e. The zero-order valence-electron chi connectivity index (χ0n) is 17.4. The molecule has 1 atom stereocenters. The van der Waals surface area contributed by atoms with Crippen LogP contribution in [0.1, 0.15) is 23.6 Å². The lowest BCUT2D eigenvalue weighted by molar-refractivity contribution is -0.0256. The Morgan fingerprint density at radius 1 is 0.645 bits per heavy atom. The molecule has 0 N–H and O–H groups in total. The van der Waals surface area contributed by atoms with Crippen molar-refractivity contribution >= 4 is 22.6 Å². The minimum absolute atomic E-state index is 0.115. The average Bonchev–Trinajstić information content (AvgIpc) is 2.83. The van der Waals surface area contributed by atoms with E-state index in [1.54, 1.807) is 0 Å². The average molecular weight is 520 g/mol. The van der Waals surface area contributed by atoms with Gasteiger partial charge in [-0.2, -0.15) is 0 Å². The molecule has 0 bridgehead atoms. The van der Waals surface area contributed by atoms with Crippen LogP contribution in [0.25, 0.3) is 0 Å². The van der Waals surface area contributed by atoms with Crippen LogP contribution >= 0.6 is 22.6 Å². The predicted molar refractivity (Wildman–Crippen MR) is 134 cm³/mol. The first-order chi connectivity index (χ1) is 15.2. The maximum atomic E-state index is 6.82. The second-order valence-corrected chi connectivity index (χ2v) is 8.72. The van der Waals surface area contributed by atoms with Gasteiger partial charge in [-0.25, -0.2) is 0 Å². The third-order valence-electron chi connectivity index (χ3n) is 5.23. The van der Waals surface area contributed by atoms with Crippen molar-refractivity contribution in [3.05, 3.63) is 136 Å². The largest absolute Gasteiger partial charge is 0.488 e. The molecule has 0 spiro atoms. The highest BCUT2D eigenvalue weighted by molar-refractivity contribution is 14.1. The van der Waals surface area contributed by atoms with Crippen LogP contribution in [0, 0.1) is 3.57 Å². The molecule has 4 aromatic rings. The highest BCUT2D eigenvalue weighted by atomic mass is 127. The van der Waals surface area contributed by atoms with Crippen molar-refractivity contribution < 1.29 is 9.47 Å². The van der Waals surface area contributed by atoms with Crippen molar-refractivity contribution in [3.63, 3.8) is 0 Å². The van der Waals surface area contributed by atoms with Crippen LogP contribution in [0.4, 0.5) is 0 Å². The van der Waals surface area contributed by atoms with Gasteiger partial charge in [-0.05, 0) is 70.5 Å². The van der Waals surface area contributed by atoms with Gasteiger partial charge in [0.05, 0.1) is 6.61 Å². The Labute approximate surface area is 198 Å². The van der Waals surface area contributed by atoms with E-state index in [0.29, 0.717) is 6.61 Å². The molecule has 0 saturated carbocycles. The zero-order chi connectivity index (χ0) is 21.5. The summed E-state index contributed by atoms with van der Waals surface area (Å²) in [6, 6.07) is 39.3. The summed E-state index contributed by atoms with van der Waals surface area (Å²) in [6.45, 7) is 2.48. The molecular formula is C28H25IO2. The van der Waals surface area contributed by atoms with E-state index in [9.17, 15) is 0 Å². The Balaban J connectivity index is 1.70. The monoisotopic (exact) mass is 520 g/mol. The fourth-order valence-electron chi connectivity index (χ4n) is 3.79. The van der Waals surface area contributed by atoms with Crippen molar-refractivity contribution in [2.75, 3.05) is 6.61 Å². The standard InChI is InChI=1S/C28H25IO2/c1-22(31-27-19-17-26(29)18-20-27)21-30-28(23-11-5-2-6-12-23,24-13-7-3-8-14-24)25-15-9-4-10-16-25/h2-20,22H,21H2,1H3/t22-/m0/s1. The number of ether oxygens (including phenoxy) is 2. The number of hydrogen-bond donors (Lipinski definition) is 0. The predicted octanol–water partition coefficient (Wildman–Crippen LogP) is 7.07. The van der Waals surface area contributed by atoms with E-state index in [2.05, 4.69) is 95.4 Å². The van der Waals surface area contributed by atoms with Crippen LogP contribution in [0.15, 0.2) is 115 Å². The van der Waals surface area contributed by atoms with Gasteiger partial charge in [0, 0.05) is 3.57 Å². The van der Waals surface area contributed by atoms with Crippen molar-refractivity contribution in [1.82, 2.24) is 0 Å². The van der Waals surface area contributed by atoms with Crippen molar-refractivity contribution in [1.29, 1.82) is 0 Å². The number of hydrogen-bond acceptors (Lipinski definition) is 2. The molecule has 0 heterocycles. The fraction of sp³-hybridized carbons (Fsp3) is 0.143. The molecule has 0 saturated heterocycles. The van der Waals surface area contributed by atoms with Crippen LogP contribution in [-0.2, 0) is 10.3 Å². The van der Waals surface area contributed by atoms with Crippen molar-refractivity contribution in [2.45, 2.75) is 18.6 Å². The quantitative estimate of drug-likeness (QED) is 0.183. The van der Waals surface area contributed by atoms with Gasteiger partial charge in [0.2, 0.25) is 0 Å². The first-order valence-corrected chi connectivity index (χ1v) is 11.5. The lowest BCUT2D eigenvalue weighted by atomic mass is 9.80. The van der Waals surface area contributed by atoms with Gasteiger partial charge in [-0.3, -0.25) is 0 Å². The van der Waals surface area contributed by atoms with Gasteiger partial charge < -0.3 is 9.47 Å². The highest BCUT2D eigenvalue weighted by Crippen LogP contribution is 2.40. The van der Waals surface area contributed by atoms with E-state index in [1.165, 1.54) is 3.57 Å². The molecule has 0 unspecified atom stereocenters. The van der Waals surface area contributed by atoms with Crippen LogP contribution in [0.2, 0.25) is 0 Å². The Bertz CT molecular complexity index is 968. The molecule has 0 aliphatic rings. The van der Waals surface area contributed by atoms with Crippen LogP contribution in [0.5, 0.6) is 5.75 Å². The molecule has 0 radical (unpaired) electrons. The van der Waals surface area contributed by atoms with Crippen LogP contribution in [0.3, 0.4) is 0 Å². The summed E-state index contributed by atoms with van der Waals surface area (Å²) >= 11 is 2.30. The second kappa shape index (κ2) is 10.1.